The van der Waals surface area contributed by atoms with Gasteiger partial charge in [-0.3, -0.25) is 14.6 Å². The van der Waals surface area contributed by atoms with Crippen LogP contribution in [0.5, 0.6) is 0 Å². The third-order valence-corrected chi connectivity index (χ3v) is 6.29. The first-order valence-corrected chi connectivity index (χ1v) is 11.1. The lowest BCUT2D eigenvalue weighted by atomic mass is 9.91. The van der Waals surface area contributed by atoms with Crippen LogP contribution in [0.3, 0.4) is 0 Å². The summed E-state index contributed by atoms with van der Waals surface area (Å²) in [6, 6.07) is 8.25. The van der Waals surface area contributed by atoms with Crippen molar-refractivity contribution in [2.24, 2.45) is 5.92 Å². The summed E-state index contributed by atoms with van der Waals surface area (Å²) in [4.78, 5) is 30.4. The number of aromatic nitrogens is 4. The van der Waals surface area contributed by atoms with Crippen molar-refractivity contribution in [1.82, 2.24) is 35.9 Å². The van der Waals surface area contributed by atoms with Crippen LogP contribution in [0.15, 0.2) is 48.8 Å². The summed E-state index contributed by atoms with van der Waals surface area (Å²) in [7, 11) is 0. The molecule has 3 heterocycles. The molecule has 1 saturated carbocycles. The third-order valence-electron chi connectivity index (χ3n) is 6.29. The normalized spacial score (nSPS) is 21.0. The summed E-state index contributed by atoms with van der Waals surface area (Å²) >= 11 is 0. The quantitative estimate of drug-likeness (QED) is 0.506. The summed E-state index contributed by atoms with van der Waals surface area (Å²) in [6.07, 6.45) is 5.16. The molecule has 1 aliphatic carbocycles. The minimum absolute atomic E-state index is 0.0312. The number of carbonyl (C=O) groups excluding carboxylic acids is 2. The predicted octanol–water partition coefficient (Wildman–Crippen LogP) is 1.45. The molecular formula is C23H23F2N7O2. The molecule has 0 spiro atoms. The van der Waals surface area contributed by atoms with E-state index in [0.29, 0.717) is 19.5 Å². The van der Waals surface area contributed by atoms with Gasteiger partial charge in [-0.05, 0) is 50.1 Å². The van der Waals surface area contributed by atoms with Gasteiger partial charge in [-0.15, -0.1) is 5.10 Å². The van der Waals surface area contributed by atoms with Crippen molar-refractivity contribution in [2.75, 3.05) is 13.1 Å². The van der Waals surface area contributed by atoms with Gasteiger partial charge >= 0.3 is 0 Å². The number of rotatable bonds is 6. The van der Waals surface area contributed by atoms with Crippen LogP contribution in [0.1, 0.15) is 35.4 Å². The smallest absolute Gasteiger partial charge is 0.273 e. The molecule has 1 aliphatic heterocycles. The zero-order valence-corrected chi connectivity index (χ0v) is 18.2. The number of hydrogen-bond donors (Lipinski definition) is 3. The molecule has 0 radical (unpaired) electrons. The van der Waals surface area contributed by atoms with E-state index in [1.165, 1.54) is 12.3 Å². The van der Waals surface area contributed by atoms with Gasteiger partial charge in [0.05, 0.1) is 23.3 Å². The molecular weight excluding hydrogens is 444 g/mol. The van der Waals surface area contributed by atoms with Gasteiger partial charge in [0, 0.05) is 24.8 Å². The number of piperidine rings is 1. The number of halogens is 2. The molecule has 3 aromatic rings. The summed E-state index contributed by atoms with van der Waals surface area (Å²) in [5, 5.41) is 16.8. The molecule has 3 N–H and O–H groups in total. The number of hydrogen-bond acceptors (Lipinski definition) is 6. The highest BCUT2D eigenvalue weighted by molar-refractivity contribution is 5.93. The highest BCUT2D eigenvalue weighted by Gasteiger charge is 2.48. The number of carbonyl (C=O) groups is 2. The standard InChI is InChI=1S/C23H23F2N7O2/c24-14-4-5-19(16(25)11-14)32-13-18(30-31-32)22(34)28-17-6-10-26-12-15(17)21(33)29-23(7-8-23)20-3-1-2-9-27-20/h1-5,9,11,13,15,17,26H,6-8,10,12H2,(H,28,34)(H,29,33)/t15-,17-/m0/s1. The second kappa shape index (κ2) is 8.90. The molecule has 2 fully saturated rings. The lowest BCUT2D eigenvalue weighted by Crippen LogP contribution is -2.56. The van der Waals surface area contributed by atoms with Crippen molar-refractivity contribution in [3.05, 3.63) is 71.8 Å². The first-order chi connectivity index (χ1) is 16.4. The van der Waals surface area contributed by atoms with Crippen LogP contribution in [0, 0.1) is 17.6 Å². The molecule has 9 nitrogen and oxygen atoms in total. The van der Waals surface area contributed by atoms with Crippen molar-refractivity contribution in [1.29, 1.82) is 0 Å². The Labute approximate surface area is 194 Å². The van der Waals surface area contributed by atoms with E-state index < -0.39 is 35.0 Å². The van der Waals surface area contributed by atoms with E-state index in [2.05, 4.69) is 31.2 Å². The summed E-state index contributed by atoms with van der Waals surface area (Å²) in [5.41, 5.74) is 0.314. The maximum absolute atomic E-state index is 14.0. The van der Waals surface area contributed by atoms with Gasteiger partial charge in [0.2, 0.25) is 5.91 Å². The Morgan fingerprint density at radius 1 is 1.18 bits per heavy atom. The maximum Gasteiger partial charge on any atom is 0.273 e. The largest absolute Gasteiger partial charge is 0.347 e. The molecule has 2 atom stereocenters. The van der Waals surface area contributed by atoms with Gasteiger partial charge in [0.25, 0.3) is 5.91 Å². The Morgan fingerprint density at radius 2 is 2.03 bits per heavy atom. The zero-order chi connectivity index (χ0) is 23.7. The molecule has 2 aromatic heterocycles. The third kappa shape index (κ3) is 4.38. The monoisotopic (exact) mass is 467 g/mol. The number of pyridine rings is 1. The molecule has 1 saturated heterocycles. The molecule has 5 rings (SSSR count). The maximum atomic E-state index is 14.0. The van der Waals surface area contributed by atoms with Crippen LogP contribution in [-0.4, -0.2) is 50.9 Å². The lowest BCUT2D eigenvalue weighted by Gasteiger charge is -2.33. The Bertz CT molecular complexity index is 1210. The first-order valence-electron chi connectivity index (χ1n) is 11.1. The number of nitrogens with zero attached hydrogens (tertiary/aromatic N) is 4. The molecule has 176 valence electrons. The van der Waals surface area contributed by atoms with E-state index in [4.69, 9.17) is 0 Å². The van der Waals surface area contributed by atoms with Crippen molar-refractivity contribution >= 4 is 11.8 Å². The van der Waals surface area contributed by atoms with E-state index in [9.17, 15) is 18.4 Å². The second-order valence-corrected chi connectivity index (χ2v) is 8.61. The Kier molecular flexibility index (Phi) is 5.78. The molecule has 34 heavy (non-hydrogen) atoms. The van der Waals surface area contributed by atoms with E-state index >= 15 is 0 Å². The molecule has 1 aromatic carbocycles. The van der Waals surface area contributed by atoms with Crippen molar-refractivity contribution in [2.45, 2.75) is 30.8 Å². The van der Waals surface area contributed by atoms with Crippen molar-refractivity contribution in [3.63, 3.8) is 0 Å². The highest BCUT2D eigenvalue weighted by atomic mass is 19.1. The number of benzene rings is 1. The average molecular weight is 467 g/mol. The van der Waals surface area contributed by atoms with Crippen LogP contribution < -0.4 is 16.0 Å². The van der Waals surface area contributed by atoms with Crippen LogP contribution in [0.4, 0.5) is 8.78 Å². The van der Waals surface area contributed by atoms with Crippen LogP contribution in [0.2, 0.25) is 0 Å². The minimum Gasteiger partial charge on any atom is -0.347 e. The predicted molar refractivity (Wildman–Crippen MR) is 117 cm³/mol. The summed E-state index contributed by atoms with van der Waals surface area (Å²) in [5.74, 6) is -2.70. The molecule has 11 heteroatoms. The number of amides is 2. The SMILES string of the molecule is O=C(N[C@H]1CCNC[C@@H]1C(=O)NC1(c2ccccn2)CC1)c1cn(-c2ccc(F)cc2F)nn1. The molecule has 0 bridgehead atoms. The van der Waals surface area contributed by atoms with Crippen LogP contribution in [0.25, 0.3) is 5.69 Å². The molecule has 2 amide bonds. The Morgan fingerprint density at radius 3 is 2.76 bits per heavy atom. The van der Waals surface area contributed by atoms with Gasteiger partial charge in [0.1, 0.15) is 11.5 Å². The van der Waals surface area contributed by atoms with E-state index in [-0.39, 0.29) is 17.3 Å². The Hall–Kier alpha value is -3.73. The zero-order valence-electron chi connectivity index (χ0n) is 18.2. The van der Waals surface area contributed by atoms with Gasteiger partial charge in [-0.2, -0.15) is 0 Å². The van der Waals surface area contributed by atoms with Crippen LogP contribution >= 0.6 is 0 Å². The second-order valence-electron chi connectivity index (χ2n) is 8.61. The van der Waals surface area contributed by atoms with Crippen molar-refractivity contribution in [3.8, 4) is 5.69 Å². The Balaban J connectivity index is 1.27. The lowest BCUT2D eigenvalue weighted by molar-refractivity contribution is -0.127. The summed E-state index contributed by atoms with van der Waals surface area (Å²) < 4.78 is 28.3. The fourth-order valence-electron chi connectivity index (χ4n) is 4.25. The van der Waals surface area contributed by atoms with E-state index in [1.54, 1.807) is 6.20 Å². The topological polar surface area (TPSA) is 114 Å². The van der Waals surface area contributed by atoms with E-state index in [0.717, 1.165) is 35.4 Å². The van der Waals surface area contributed by atoms with Gasteiger partial charge in [-0.25, -0.2) is 13.5 Å². The van der Waals surface area contributed by atoms with Crippen molar-refractivity contribution < 1.29 is 18.4 Å². The number of nitrogens with one attached hydrogen (secondary N) is 3. The first kappa shape index (κ1) is 22.1. The average Bonchev–Trinajstić information content (AvgIpc) is 3.45. The molecule has 2 aliphatic rings. The van der Waals surface area contributed by atoms with E-state index in [1.807, 2.05) is 18.2 Å². The minimum atomic E-state index is -0.825. The van der Waals surface area contributed by atoms with Gasteiger partial charge in [0.15, 0.2) is 11.5 Å². The van der Waals surface area contributed by atoms with Gasteiger partial charge < -0.3 is 16.0 Å². The van der Waals surface area contributed by atoms with Gasteiger partial charge in [-0.1, -0.05) is 11.3 Å². The fraction of sp³-hybridized carbons (Fsp3) is 0.348. The highest BCUT2D eigenvalue weighted by Crippen LogP contribution is 2.44. The molecule has 0 unspecified atom stereocenters. The fourth-order valence-corrected chi connectivity index (χ4v) is 4.25. The van der Waals surface area contributed by atoms with Crippen LogP contribution in [-0.2, 0) is 10.3 Å². The summed E-state index contributed by atoms with van der Waals surface area (Å²) in [6.45, 7) is 1.07.